The lowest BCUT2D eigenvalue weighted by Crippen LogP contribution is -2.16. The molecule has 0 radical (unpaired) electrons. The van der Waals surface area contributed by atoms with Gasteiger partial charge in [0, 0.05) is 11.1 Å². The number of aromatic carboxylic acids is 1. The molecule has 0 aliphatic heterocycles. The Morgan fingerprint density at radius 2 is 2.00 bits per heavy atom. The Morgan fingerprint density at radius 3 is 2.59 bits per heavy atom. The number of rotatable bonds is 4. The van der Waals surface area contributed by atoms with E-state index >= 15 is 0 Å². The minimum Gasteiger partial charge on any atom is -0.478 e. The van der Waals surface area contributed by atoms with Gasteiger partial charge >= 0.3 is 11.9 Å². The number of Topliss-reactive ketones (excluding diaryl/α,β-unsaturated/α-hetero) is 1. The maximum Gasteiger partial charge on any atom is 0.372 e. The number of carboxylic acids is 2. The number of hydrogen-bond acceptors (Lipinski definition) is 4. The molecule has 0 saturated heterocycles. The second kappa shape index (κ2) is 4.02. The molecule has 17 heavy (non-hydrogen) atoms. The molecule has 0 aromatic carbocycles. The standard InChI is InChI=1S/C10H7NO5S/c12-6(9(13)14)3-5-7(10(15)16)4-1-2-17-8(4)11-5/h1-2,11H,3H2,(H,13,14)(H,15,16). The van der Waals surface area contributed by atoms with Crippen molar-refractivity contribution in [2.45, 2.75) is 6.42 Å². The Morgan fingerprint density at radius 1 is 1.29 bits per heavy atom. The number of carbonyl (C=O) groups is 3. The van der Waals surface area contributed by atoms with Gasteiger partial charge in [0.15, 0.2) is 0 Å². The van der Waals surface area contributed by atoms with Crippen LogP contribution in [0.1, 0.15) is 16.1 Å². The number of fused-ring (bicyclic) bond motifs is 1. The number of H-pyrrole nitrogens is 1. The Kier molecular flexibility index (Phi) is 2.68. The summed E-state index contributed by atoms with van der Waals surface area (Å²) in [4.78, 5) is 36.0. The minimum atomic E-state index is -1.57. The topological polar surface area (TPSA) is 107 Å². The molecular formula is C10H7NO5S. The molecule has 0 saturated carbocycles. The molecule has 0 aliphatic carbocycles. The molecule has 3 N–H and O–H groups in total. The van der Waals surface area contributed by atoms with E-state index in [0.717, 1.165) is 0 Å². The molecular weight excluding hydrogens is 246 g/mol. The first-order valence-corrected chi connectivity index (χ1v) is 5.46. The Hall–Kier alpha value is -2.15. The monoisotopic (exact) mass is 253 g/mol. The zero-order chi connectivity index (χ0) is 12.6. The smallest absolute Gasteiger partial charge is 0.372 e. The molecule has 6 nitrogen and oxygen atoms in total. The molecule has 7 heteroatoms. The molecule has 0 atom stereocenters. The molecule has 0 aliphatic rings. The average Bonchev–Trinajstić information content (AvgIpc) is 2.75. The molecule has 0 bridgehead atoms. The molecule has 0 amide bonds. The van der Waals surface area contributed by atoms with Crippen molar-refractivity contribution < 1.29 is 24.6 Å². The number of carboxylic acid groups (broad SMARTS) is 2. The first-order chi connectivity index (χ1) is 8.00. The third-order valence-corrected chi connectivity index (χ3v) is 3.12. The van der Waals surface area contributed by atoms with Crippen molar-refractivity contribution in [2.75, 3.05) is 0 Å². The number of thiophene rings is 1. The number of ketones is 1. The maximum absolute atomic E-state index is 11.1. The van der Waals surface area contributed by atoms with E-state index in [0.29, 0.717) is 10.2 Å². The van der Waals surface area contributed by atoms with E-state index in [1.165, 1.54) is 11.3 Å². The number of aliphatic carboxylic acids is 1. The third kappa shape index (κ3) is 1.92. The Balaban J connectivity index is 2.49. The maximum atomic E-state index is 11.1. The lowest BCUT2D eigenvalue weighted by Gasteiger charge is -1.97. The molecule has 2 rings (SSSR count). The van der Waals surface area contributed by atoms with E-state index in [9.17, 15) is 14.4 Å². The second-order valence-corrected chi connectivity index (χ2v) is 4.27. The number of aromatic nitrogens is 1. The molecule has 2 heterocycles. The van der Waals surface area contributed by atoms with Gasteiger partial charge in [0.1, 0.15) is 4.83 Å². The van der Waals surface area contributed by atoms with Gasteiger partial charge < -0.3 is 15.2 Å². The summed E-state index contributed by atoms with van der Waals surface area (Å²) >= 11 is 1.30. The summed E-state index contributed by atoms with van der Waals surface area (Å²) in [7, 11) is 0. The van der Waals surface area contributed by atoms with Crippen molar-refractivity contribution in [2.24, 2.45) is 0 Å². The summed E-state index contributed by atoms with van der Waals surface area (Å²) in [6.07, 6.45) is -0.446. The fourth-order valence-electron chi connectivity index (χ4n) is 1.58. The molecule has 2 aromatic heterocycles. The summed E-state index contributed by atoms with van der Waals surface area (Å²) in [6.45, 7) is 0. The van der Waals surface area contributed by atoms with Gasteiger partial charge in [0.2, 0.25) is 5.78 Å². The second-order valence-electron chi connectivity index (χ2n) is 3.35. The zero-order valence-corrected chi connectivity index (χ0v) is 9.21. The van der Waals surface area contributed by atoms with Crippen LogP contribution in [-0.4, -0.2) is 32.9 Å². The van der Waals surface area contributed by atoms with Gasteiger partial charge in [-0.15, -0.1) is 11.3 Å². The summed E-state index contributed by atoms with van der Waals surface area (Å²) < 4.78 is 0. The lowest BCUT2D eigenvalue weighted by atomic mass is 10.1. The van der Waals surface area contributed by atoms with Crippen LogP contribution in [0, 0.1) is 0 Å². The van der Waals surface area contributed by atoms with Crippen molar-refractivity contribution in [3.8, 4) is 0 Å². The van der Waals surface area contributed by atoms with Crippen LogP contribution in [-0.2, 0) is 16.0 Å². The highest BCUT2D eigenvalue weighted by atomic mass is 32.1. The van der Waals surface area contributed by atoms with Crippen molar-refractivity contribution in [3.63, 3.8) is 0 Å². The molecule has 88 valence electrons. The summed E-state index contributed by atoms with van der Waals surface area (Å²) in [6, 6.07) is 1.62. The van der Waals surface area contributed by atoms with Crippen molar-refractivity contribution in [1.82, 2.24) is 4.98 Å². The van der Waals surface area contributed by atoms with E-state index in [4.69, 9.17) is 10.2 Å². The van der Waals surface area contributed by atoms with Crippen molar-refractivity contribution >= 4 is 39.3 Å². The van der Waals surface area contributed by atoms with Crippen LogP contribution in [0.2, 0.25) is 0 Å². The third-order valence-electron chi connectivity index (χ3n) is 2.29. The number of carbonyl (C=O) groups excluding carboxylic acids is 1. The average molecular weight is 253 g/mol. The molecule has 0 fully saturated rings. The van der Waals surface area contributed by atoms with Gasteiger partial charge in [-0.3, -0.25) is 4.79 Å². The Labute approximate surface area is 98.5 Å². The first-order valence-electron chi connectivity index (χ1n) is 4.58. The van der Waals surface area contributed by atoms with Gasteiger partial charge in [0.25, 0.3) is 0 Å². The van der Waals surface area contributed by atoms with Crippen LogP contribution >= 0.6 is 11.3 Å². The summed E-state index contributed by atoms with van der Waals surface area (Å²) in [5, 5.41) is 19.8. The van der Waals surface area contributed by atoms with Crippen LogP contribution in [0.15, 0.2) is 11.4 Å². The van der Waals surface area contributed by atoms with E-state index in [2.05, 4.69) is 4.98 Å². The highest BCUT2D eigenvalue weighted by Gasteiger charge is 2.22. The predicted octanol–water partition coefficient (Wildman–Crippen LogP) is 1.12. The quantitative estimate of drug-likeness (QED) is 0.708. The molecule has 0 unspecified atom stereocenters. The fraction of sp³-hybridized carbons (Fsp3) is 0.100. The van der Waals surface area contributed by atoms with E-state index in [1.807, 2.05) is 0 Å². The molecule has 0 spiro atoms. The number of hydrogen-bond donors (Lipinski definition) is 3. The van der Waals surface area contributed by atoms with Crippen LogP contribution in [0.4, 0.5) is 0 Å². The van der Waals surface area contributed by atoms with Gasteiger partial charge in [0.05, 0.1) is 12.0 Å². The predicted molar refractivity (Wildman–Crippen MR) is 59.5 cm³/mol. The van der Waals surface area contributed by atoms with Crippen molar-refractivity contribution in [3.05, 3.63) is 22.7 Å². The normalized spacial score (nSPS) is 10.6. The van der Waals surface area contributed by atoms with Crippen LogP contribution in [0.25, 0.3) is 10.2 Å². The summed E-state index contributed by atoms with van der Waals surface area (Å²) in [5.41, 5.74) is 0.0996. The Bertz CT molecular complexity index is 624. The highest BCUT2D eigenvalue weighted by Crippen LogP contribution is 2.27. The number of nitrogens with one attached hydrogen (secondary N) is 1. The SMILES string of the molecule is O=C(O)C(=O)Cc1[nH]c2sccc2c1C(=O)O. The first kappa shape index (κ1) is 11.3. The van der Waals surface area contributed by atoms with E-state index < -0.39 is 24.1 Å². The van der Waals surface area contributed by atoms with Gasteiger partial charge in [-0.2, -0.15) is 0 Å². The number of aromatic amines is 1. The van der Waals surface area contributed by atoms with E-state index in [1.54, 1.807) is 11.4 Å². The summed E-state index contributed by atoms with van der Waals surface area (Å²) in [5.74, 6) is -3.79. The highest BCUT2D eigenvalue weighted by molar-refractivity contribution is 7.16. The largest absolute Gasteiger partial charge is 0.478 e. The van der Waals surface area contributed by atoms with Gasteiger partial charge in [-0.25, -0.2) is 9.59 Å². The van der Waals surface area contributed by atoms with E-state index in [-0.39, 0.29) is 11.3 Å². The van der Waals surface area contributed by atoms with Crippen molar-refractivity contribution in [1.29, 1.82) is 0 Å². The lowest BCUT2D eigenvalue weighted by molar-refractivity contribution is -0.148. The fourth-order valence-corrected chi connectivity index (χ4v) is 2.40. The van der Waals surface area contributed by atoms with Crippen LogP contribution in [0.5, 0.6) is 0 Å². The van der Waals surface area contributed by atoms with Gasteiger partial charge in [-0.1, -0.05) is 0 Å². The van der Waals surface area contributed by atoms with Crippen LogP contribution in [0.3, 0.4) is 0 Å². The molecule has 2 aromatic rings. The van der Waals surface area contributed by atoms with Crippen LogP contribution < -0.4 is 0 Å². The zero-order valence-electron chi connectivity index (χ0n) is 8.39. The minimum absolute atomic E-state index is 0.0316. The van der Waals surface area contributed by atoms with Gasteiger partial charge in [-0.05, 0) is 11.4 Å².